The van der Waals surface area contributed by atoms with Crippen molar-refractivity contribution in [2.45, 2.75) is 16.6 Å². The molecule has 1 atom stereocenters. The van der Waals surface area contributed by atoms with Gasteiger partial charge in [0.05, 0.1) is 16.3 Å². The van der Waals surface area contributed by atoms with Crippen molar-refractivity contribution >= 4 is 28.7 Å². The van der Waals surface area contributed by atoms with Gasteiger partial charge in [-0.2, -0.15) is 0 Å². The first-order valence-corrected chi connectivity index (χ1v) is 7.67. The van der Waals surface area contributed by atoms with Crippen LogP contribution in [0.2, 0.25) is 0 Å². The maximum absolute atomic E-state index is 12.4. The quantitative estimate of drug-likeness (QED) is 0.791. The van der Waals surface area contributed by atoms with Crippen LogP contribution in [0.1, 0.15) is 5.56 Å². The second kappa shape index (κ2) is 4.93. The minimum atomic E-state index is -0.0800. The van der Waals surface area contributed by atoms with E-state index in [1.54, 1.807) is 22.8 Å². The number of rotatable bonds is 2. The van der Waals surface area contributed by atoms with Gasteiger partial charge < -0.3 is 0 Å². The van der Waals surface area contributed by atoms with Gasteiger partial charge in [0.15, 0.2) is 0 Å². The molecule has 5 heteroatoms. The first-order chi connectivity index (χ1) is 10.3. The van der Waals surface area contributed by atoms with Crippen LogP contribution in [0.3, 0.4) is 0 Å². The number of carbonyl (C=O) groups is 1. The molecule has 0 saturated heterocycles. The summed E-state index contributed by atoms with van der Waals surface area (Å²) in [5.41, 5.74) is 5.97. The highest BCUT2D eigenvalue weighted by molar-refractivity contribution is 8.01. The fourth-order valence-corrected chi connectivity index (χ4v) is 3.76. The number of imidazole rings is 1. The van der Waals surface area contributed by atoms with E-state index in [0.717, 1.165) is 17.5 Å². The van der Waals surface area contributed by atoms with Crippen molar-refractivity contribution in [1.29, 1.82) is 0 Å². The predicted octanol–water partition coefficient (Wildman–Crippen LogP) is 2.82. The number of carbonyl (C=O) groups excluding carboxylic acids is 1. The van der Waals surface area contributed by atoms with Crippen LogP contribution in [0.4, 0.5) is 0 Å². The van der Waals surface area contributed by atoms with E-state index in [2.05, 4.69) is 22.5 Å². The first kappa shape index (κ1) is 12.5. The average molecular weight is 295 g/mol. The van der Waals surface area contributed by atoms with Crippen LogP contribution in [0.25, 0.3) is 11.0 Å². The third kappa shape index (κ3) is 2.19. The third-order valence-corrected chi connectivity index (χ3v) is 4.94. The van der Waals surface area contributed by atoms with Gasteiger partial charge in [0.25, 0.3) is 5.91 Å². The Morgan fingerprint density at radius 2 is 2.00 bits per heavy atom. The van der Waals surface area contributed by atoms with Gasteiger partial charge in [-0.25, -0.2) is 9.66 Å². The zero-order valence-corrected chi connectivity index (χ0v) is 12.0. The largest absolute Gasteiger partial charge is 0.272 e. The lowest BCUT2D eigenvalue weighted by Crippen LogP contribution is -2.30. The smallest absolute Gasteiger partial charge is 0.252 e. The molecule has 0 radical (unpaired) electrons. The maximum Gasteiger partial charge on any atom is 0.252 e. The van der Waals surface area contributed by atoms with Gasteiger partial charge in [-0.3, -0.25) is 10.2 Å². The molecule has 4 rings (SSSR count). The minimum Gasteiger partial charge on any atom is -0.272 e. The SMILES string of the molecule is O=C(Nn1cnc2ccccc21)C1Cc2ccccc2S1. The number of para-hydroxylation sites is 2. The fourth-order valence-electron chi connectivity index (χ4n) is 2.57. The zero-order chi connectivity index (χ0) is 14.2. The number of benzene rings is 2. The van der Waals surface area contributed by atoms with E-state index in [4.69, 9.17) is 0 Å². The van der Waals surface area contributed by atoms with E-state index in [1.165, 1.54) is 10.5 Å². The number of nitrogens with one attached hydrogen (secondary N) is 1. The summed E-state index contributed by atoms with van der Waals surface area (Å²) in [5.74, 6) is 0.0133. The maximum atomic E-state index is 12.4. The van der Waals surface area contributed by atoms with Gasteiger partial charge in [-0.1, -0.05) is 30.3 Å². The highest BCUT2D eigenvalue weighted by atomic mass is 32.2. The molecule has 0 aliphatic carbocycles. The Morgan fingerprint density at radius 1 is 1.19 bits per heavy atom. The van der Waals surface area contributed by atoms with Crippen LogP contribution in [0, 0.1) is 0 Å². The summed E-state index contributed by atoms with van der Waals surface area (Å²) in [5, 5.41) is -0.0800. The summed E-state index contributed by atoms with van der Waals surface area (Å²) in [4.78, 5) is 17.9. The lowest BCUT2D eigenvalue weighted by molar-refractivity contribution is -0.116. The summed E-state index contributed by atoms with van der Waals surface area (Å²) < 4.78 is 1.70. The molecule has 1 aliphatic heterocycles. The van der Waals surface area contributed by atoms with Crippen molar-refractivity contribution in [3.63, 3.8) is 0 Å². The lowest BCUT2D eigenvalue weighted by atomic mass is 10.1. The van der Waals surface area contributed by atoms with E-state index in [-0.39, 0.29) is 11.2 Å². The Hall–Kier alpha value is -2.27. The summed E-state index contributed by atoms with van der Waals surface area (Å²) >= 11 is 1.63. The topological polar surface area (TPSA) is 46.9 Å². The predicted molar refractivity (Wildman–Crippen MR) is 83.9 cm³/mol. The Labute approximate surface area is 126 Å². The highest BCUT2D eigenvalue weighted by Gasteiger charge is 2.28. The number of aromatic nitrogens is 2. The van der Waals surface area contributed by atoms with E-state index < -0.39 is 0 Å². The molecule has 0 fully saturated rings. The van der Waals surface area contributed by atoms with Crippen LogP contribution in [0.15, 0.2) is 59.8 Å². The van der Waals surface area contributed by atoms with Gasteiger partial charge in [-0.05, 0) is 30.2 Å². The molecule has 1 amide bonds. The van der Waals surface area contributed by atoms with Gasteiger partial charge in [-0.15, -0.1) is 11.8 Å². The Kier molecular flexibility index (Phi) is 2.93. The molecular weight excluding hydrogens is 282 g/mol. The Bertz CT molecular complexity index is 802. The molecule has 2 heterocycles. The number of hydrogen-bond acceptors (Lipinski definition) is 3. The summed E-state index contributed by atoms with van der Waals surface area (Å²) in [6.07, 6.45) is 2.43. The van der Waals surface area contributed by atoms with Crippen molar-refractivity contribution in [1.82, 2.24) is 9.66 Å². The molecule has 2 aromatic carbocycles. The van der Waals surface area contributed by atoms with Crippen molar-refractivity contribution in [2.75, 3.05) is 5.43 Å². The molecule has 1 unspecified atom stereocenters. The molecule has 21 heavy (non-hydrogen) atoms. The fraction of sp³-hybridized carbons (Fsp3) is 0.125. The summed E-state index contributed by atoms with van der Waals surface area (Å²) in [6, 6.07) is 15.9. The monoisotopic (exact) mass is 295 g/mol. The van der Waals surface area contributed by atoms with E-state index >= 15 is 0 Å². The van der Waals surface area contributed by atoms with E-state index in [0.29, 0.717) is 0 Å². The molecule has 1 N–H and O–H groups in total. The number of fused-ring (bicyclic) bond motifs is 2. The summed E-state index contributed by atoms with van der Waals surface area (Å²) in [7, 11) is 0. The first-order valence-electron chi connectivity index (χ1n) is 6.79. The minimum absolute atomic E-state index is 0.0133. The average Bonchev–Trinajstić information content (AvgIpc) is 3.11. The standard InChI is InChI=1S/C16H13N3OS/c20-16(15-9-11-5-1-4-8-14(11)21-15)18-19-10-17-12-6-2-3-7-13(12)19/h1-8,10,15H,9H2,(H,18,20). The second-order valence-electron chi connectivity index (χ2n) is 5.00. The molecule has 1 aliphatic rings. The molecule has 4 nitrogen and oxygen atoms in total. The summed E-state index contributed by atoms with van der Waals surface area (Å²) in [6.45, 7) is 0. The molecule has 1 aromatic heterocycles. The lowest BCUT2D eigenvalue weighted by Gasteiger charge is -2.11. The Morgan fingerprint density at radius 3 is 2.90 bits per heavy atom. The van der Waals surface area contributed by atoms with Crippen molar-refractivity contribution in [2.24, 2.45) is 0 Å². The molecule has 104 valence electrons. The van der Waals surface area contributed by atoms with Gasteiger partial charge in [0.2, 0.25) is 0 Å². The Balaban J connectivity index is 1.55. The van der Waals surface area contributed by atoms with Crippen molar-refractivity contribution in [3.05, 3.63) is 60.4 Å². The normalized spacial score (nSPS) is 16.9. The zero-order valence-electron chi connectivity index (χ0n) is 11.2. The second-order valence-corrected chi connectivity index (χ2v) is 6.24. The van der Waals surface area contributed by atoms with Crippen LogP contribution in [-0.2, 0) is 11.2 Å². The van der Waals surface area contributed by atoms with Crippen LogP contribution in [-0.4, -0.2) is 20.8 Å². The number of nitrogens with zero attached hydrogens (tertiary/aromatic N) is 2. The molecular formula is C16H13N3OS. The van der Waals surface area contributed by atoms with E-state index in [9.17, 15) is 4.79 Å². The van der Waals surface area contributed by atoms with Crippen LogP contribution in [0.5, 0.6) is 0 Å². The molecule has 0 spiro atoms. The number of hydrogen-bond donors (Lipinski definition) is 1. The molecule has 0 bridgehead atoms. The highest BCUT2D eigenvalue weighted by Crippen LogP contribution is 2.36. The third-order valence-electron chi connectivity index (χ3n) is 3.62. The number of amides is 1. The molecule has 3 aromatic rings. The number of thioether (sulfide) groups is 1. The van der Waals surface area contributed by atoms with Crippen molar-refractivity contribution in [3.8, 4) is 0 Å². The van der Waals surface area contributed by atoms with E-state index in [1.807, 2.05) is 36.4 Å². The molecule has 0 saturated carbocycles. The van der Waals surface area contributed by atoms with Crippen molar-refractivity contribution < 1.29 is 4.79 Å². The van der Waals surface area contributed by atoms with Gasteiger partial charge >= 0.3 is 0 Å². The van der Waals surface area contributed by atoms with Gasteiger partial charge in [0, 0.05) is 4.90 Å². The van der Waals surface area contributed by atoms with Crippen LogP contribution >= 0.6 is 11.8 Å². The van der Waals surface area contributed by atoms with Crippen LogP contribution < -0.4 is 5.43 Å². The van der Waals surface area contributed by atoms with Gasteiger partial charge in [0.1, 0.15) is 6.33 Å².